The van der Waals surface area contributed by atoms with Gasteiger partial charge in [0.1, 0.15) is 6.26 Å². The lowest BCUT2D eigenvalue weighted by Gasteiger charge is -2.05. The summed E-state index contributed by atoms with van der Waals surface area (Å²) in [6.45, 7) is 0.0533. The summed E-state index contributed by atoms with van der Waals surface area (Å²) in [4.78, 5) is 16.3. The number of hydrogen-bond acceptors (Lipinski definition) is 4. The van der Waals surface area contributed by atoms with E-state index in [2.05, 4.69) is 22.1 Å². The zero-order valence-corrected chi connectivity index (χ0v) is 16.5. The van der Waals surface area contributed by atoms with Gasteiger partial charge in [0.15, 0.2) is 0 Å². The van der Waals surface area contributed by atoms with Gasteiger partial charge in [-0.15, -0.1) is 11.8 Å². The molecule has 0 saturated heterocycles. The number of hydrogen-bond donors (Lipinski definition) is 1. The van der Waals surface area contributed by atoms with Crippen LogP contribution in [0.1, 0.15) is 16.8 Å². The van der Waals surface area contributed by atoms with E-state index in [1.54, 1.807) is 6.26 Å². The topological polar surface area (TPSA) is 55.1 Å². The Hall–Kier alpha value is -3.18. The van der Waals surface area contributed by atoms with Crippen molar-refractivity contribution in [2.24, 2.45) is 0 Å². The third kappa shape index (κ3) is 6.42. The van der Waals surface area contributed by atoms with E-state index in [0.717, 1.165) is 23.4 Å². The molecule has 0 aliphatic carbocycles. The third-order valence-corrected chi connectivity index (χ3v) is 4.82. The summed E-state index contributed by atoms with van der Waals surface area (Å²) in [5.74, 6) is 6.31. The Morgan fingerprint density at radius 3 is 2.70 bits per heavy atom. The molecule has 1 amide bonds. The maximum Gasteiger partial charge on any atom is 0.416 e. The molecule has 0 unspecified atom stereocenters. The fourth-order valence-electron chi connectivity index (χ4n) is 2.45. The third-order valence-electron chi connectivity index (χ3n) is 3.85. The summed E-state index contributed by atoms with van der Waals surface area (Å²) in [5.41, 5.74) is 1.11. The standard InChI is InChI=1S/C22H17F3N2O2S/c23-22(24,25)18-10-4-6-16(12-18)7-5-11-26-20(28)15-30-14-19-13-29-21(27-19)17-8-2-1-3-9-17/h1-4,6,8-10,12-13H,11,14-15H2,(H,26,28). The fraction of sp³-hybridized carbons (Fsp3) is 0.182. The van der Waals surface area contributed by atoms with Crippen LogP contribution in [0.5, 0.6) is 0 Å². The molecule has 0 spiro atoms. The molecular formula is C22H17F3N2O2S. The molecule has 3 aromatic rings. The average Bonchev–Trinajstić information content (AvgIpc) is 3.20. The Balaban J connectivity index is 1.40. The zero-order valence-electron chi connectivity index (χ0n) is 15.7. The van der Waals surface area contributed by atoms with E-state index in [1.807, 2.05) is 30.3 Å². The lowest BCUT2D eigenvalue weighted by atomic mass is 10.1. The molecule has 0 fully saturated rings. The summed E-state index contributed by atoms with van der Waals surface area (Å²) < 4.78 is 43.5. The summed E-state index contributed by atoms with van der Waals surface area (Å²) in [7, 11) is 0. The first-order valence-electron chi connectivity index (χ1n) is 8.92. The highest BCUT2D eigenvalue weighted by Crippen LogP contribution is 2.29. The van der Waals surface area contributed by atoms with Crippen molar-refractivity contribution in [3.05, 3.63) is 77.7 Å². The number of amides is 1. The van der Waals surface area contributed by atoms with Gasteiger partial charge < -0.3 is 9.73 Å². The van der Waals surface area contributed by atoms with Crippen molar-refractivity contribution in [3.63, 3.8) is 0 Å². The molecular weight excluding hydrogens is 413 g/mol. The Morgan fingerprint density at radius 1 is 1.13 bits per heavy atom. The Kier molecular flexibility index (Phi) is 7.20. The van der Waals surface area contributed by atoms with Gasteiger partial charge in [-0.2, -0.15) is 13.2 Å². The molecule has 3 rings (SSSR count). The second-order valence-electron chi connectivity index (χ2n) is 6.16. The summed E-state index contributed by atoms with van der Waals surface area (Å²) in [6, 6.07) is 14.3. The van der Waals surface area contributed by atoms with E-state index in [0.29, 0.717) is 11.6 Å². The number of nitrogens with one attached hydrogen (secondary N) is 1. The summed E-state index contributed by atoms with van der Waals surface area (Å²) in [6.07, 6.45) is -2.84. The Morgan fingerprint density at radius 2 is 1.93 bits per heavy atom. The maximum atomic E-state index is 12.7. The smallest absolute Gasteiger partial charge is 0.416 e. The molecule has 30 heavy (non-hydrogen) atoms. The molecule has 1 heterocycles. The van der Waals surface area contributed by atoms with Crippen LogP contribution in [0.25, 0.3) is 11.5 Å². The van der Waals surface area contributed by atoms with Crippen LogP contribution in [0.2, 0.25) is 0 Å². The molecule has 1 aromatic heterocycles. The number of carbonyl (C=O) groups excluding carboxylic acids is 1. The van der Waals surface area contributed by atoms with E-state index < -0.39 is 11.7 Å². The van der Waals surface area contributed by atoms with Crippen molar-refractivity contribution in [1.29, 1.82) is 0 Å². The van der Waals surface area contributed by atoms with Gasteiger partial charge in [0, 0.05) is 16.9 Å². The van der Waals surface area contributed by atoms with Crippen molar-refractivity contribution in [2.75, 3.05) is 12.3 Å². The average molecular weight is 430 g/mol. The lowest BCUT2D eigenvalue weighted by Crippen LogP contribution is -2.25. The lowest BCUT2D eigenvalue weighted by molar-refractivity contribution is -0.137. The molecule has 4 nitrogen and oxygen atoms in total. The number of benzene rings is 2. The fourth-order valence-corrected chi connectivity index (χ4v) is 3.18. The van der Waals surface area contributed by atoms with Crippen molar-refractivity contribution in [3.8, 4) is 23.3 Å². The normalized spacial score (nSPS) is 10.9. The molecule has 0 aliphatic heterocycles. The van der Waals surface area contributed by atoms with Crippen LogP contribution in [0.4, 0.5) is 13.2 Å². The molecule has 2 aromatic carbocycles. The minimum absolute atomic E-state index is 0.0533. The van der Waals surface area contributed by atoms with Gasteiger partial charge in [-0.3, -0.25) is 4.79 Å². The predicted octanol–water partition coefficient (Wildman–Crippen LogP) is 4.76. The van der Waals surface area contributed by atoms with E-state index in [9.17, 15) is 18.0 Å². The number of nitrogens with zero attached hydrogens (tertiary/aromatic N) is 1. The van der Waals surface area contributed by atoms with Gasteiger partial charge in [0.05, 0.1) is 23.6 Å². The van der Waals surface area contributed by atoms with Crippen LogP contribution in [-0.2, 0) is 16.7 Å². The van der Waals surface area contributed by atoms with Crippen LogP contribution < -0.4 is 5.32 Å². The van der Waals surface area contributed by atoms with E-state index in [4.69, 9.17) is 4.42 Å². The van der Waals surface area contributed by atoms with Crippen LogP contribution in [0.3, 0.4) is 0 Å². The highest BCUT2D eigenvalue weighted by molar-refractivity contribution is 7.99. The molecule has 0 saturated carbocycles. The molecule has 0 radical (unpaired) electrons. The molecule has 8 heteroatoms. The van der Waals surface area contributed by atoms with Crippen molar-refractivity contribution in [2.45, 2.75) is 11.9 Å². The molecule has 0 bridgehead atoms. The van der Waals surface area contributed by atoms with Crippen LogP contribution in [0.15, 0.2) is 65.3 Å². The number of aromatic nitrogens is 1. The number of alkyl halides is 3. The first-order valence-corrected chi connectivity index (χ1v) is 10.1. The van der Waals surface area contributed by atoms with Gasteiger partial charge in [0.2, 0.25) is 11.8 Å². The number of oxazole rings is 1. The molecule has 154 valence electrons. The number of thioether (sulfide) groups is 1. The predicted molar refractivity (Wildman–Crippen MR) is 109 cm³/mol. The largest absolute Gasteiger partial charge is 0.444 e. The minimum Gasteiger partial charge on any atom is -0.444 e. The number of carbonyl (C=O) groups is 1. The zero-order chi connectivity index (χ0) is 21.4. The first-order chi connectivity index (χ1) is 14.4. The second kappa shape index (κ2) is 10.0. The van der Waals surface area contributed by atoms with E-state index in [-0.39, 0.29) is 23.8 Å². The number of halogens is 3. The van der Waals surface area contributed by atoms with Crippen LogP contribution in [-0.4, -0.2) is 23.2 Å². The van der Waals surface area contributed by atoms with Crippen LogP contribution >= 0.6 is 11.8 Å². The molecule has 0 aliphatic rings. The number of rotatable bonds is 6. The van der Waals surface area contributed by atoms with Gasteiger partial charge in [-0.05, 0) is 30.3 Å². The summed E-state index contributed by atoms with van der Waals surface area (Å²) >= 11 is 1.37. The van der Waals surface area contributed by atoms with Gasteiger partial charge in [-0.1, -0.05) is 36.1 Å². The van der Waals surface area contributed by atoms with E-state index in [1.165, 1.54) is 23.9 Å². The van der Waals surface area contributed by atoms with Crippen LogP contribution in [0, 0.1) is 11.8 Å². The highest BCUT2D eigenvalue weighted by Gasteiger charge is 2.30. The van der Waals surface area contributed by atoms with Crippen molar-refractivity contribution < 1.29 is 22.4 Å². The van der Waals surface area contributed by atoms with E-state index >= 15 is 0 Å². The Labute approximate surface area is 175 Å². The summed E-state index contributed by atoms with van der Waals surface area (Å²) in [5, 5.41) is 2.62. The first kappa shape index (κ1) is 21.5. The quantitative estimate of drug-likeness (QED) is 0.573. The van der Waals surface area contributed by atoms with Gasteiger partial charge in [0.25, 0.3) is 0 Å². The molecule has 0 atom stereocenters. The minimum atomic E-state index is -4.41. The van der Waals surface area contributed by atoms with Gasteiger partial charge >= 0.3 is 6.18 Å². The van der Waals surface area contributed by atoms with Crippen molar-refractivity contribution >= 4 is 17.7 Å². The SMILES string of the molecule is O=C(CSCc1coc(-c2ccccc2)n1)NCC#Cc1cccc(C(F)(F)F)c1. The van der Waals surface area contributed by atoms with Crippen molar-refractivity contribution in [1.82, 2.24) is 10.3 Å². The second-order valence-corrected chi connectivity index (χ2v) is 7.15. The monoisotopic (exact) mass is 430 g/mol. The maximum absolute atomic E-state index is 12.7. The highest BCUT2D eigenvalue weighted by atomic mass is 32.2. The molecule has 1 N–H and O–H groups in total. The Bertz CT molecular complexity index is 1050. The van der Waals surface area contributed by atoms with Gasteiger partial charge in [-0.25, -0.2) is 4.98 Å².